The van der Waals surface area contributed by atoms with Gasteiger partial charge in [0.25, 0.3) is 0 Å². The molecule has 0 saturated heterocycles. The molecule has 0 saturated carbocycles. The first-order valence-electron chi connectivity index (χ1n) is 6.18. The second-order valence-electron chi connectivity index (χ2n) is 4.12. The quantitative estimate of drug-likeness (QED) is 0.823. The molecule has 0 unspecified atom stereocenters. The van der Waals surface area contributed by atoms with Crippen LogP contribution in [0.1, 0.15) is 5.56 Å². The van der Waals surface area contributed by atoms with E-state index in [1.165, 1.54) is 0 Å². The molecule has 2 aromatic carbocycles. The highest BCUT2D eigenvalue weighted by Gasteiger charge is 2.02. The molecule has 0 bridgehead atoms. The zero-order valence-corrected chi connectivity index (χ0v) is 12.3. The van der Waals surface area contributed by atoms with Crippen molar-refractivity contribution in [2.45, 2.75) is 6.54 Å². The van der Waals surface area contributed by atoms with Gasteiger partial charge in [-0.25, -0.2) is 0 Å². The number of halogens is 2. The highest BCUT2D eigenvalue weighted by Crippen LogP contribution is 2.27. The summed E-state index contributed by atoms with van der Waals surface area (Å²) >= 11 is 11.9. The zero-order chi connectivity index (χ0) is 14.4. The van der Waals surface area contributed by atoms with Crippen molar-refractivity contribution in [3.05, 3.63) is 58.1 Å². The van der Waals surface area contributed by atoms with Crippen molar-refractivity contribution >= 4 is 23.2 Å². The lowest BCUT2D eigenvalue weighted by atomic mass is 10.2. The van der Waals surface area contributed by atoms with E-state index >= 15 is 0 Å². The molecule has 0 spiro atoms. The first-order chi connectivity index (χ1) is 9.69. The number of nitrogens with two attached hydrogens (primary N) is 1. The summed E-state index contributed by atoms with van der Waals surface area (Å²) in [6.45, 7) is 1.33. The van der Waals surface area contributed by atoms with Gasteiger partial charge in [0.15, 0.2) is 0 Å². The van der Waals surface area contributed by atoms with Crippen molar-refractivity contribution < 1.29 is 9.47 Å². The maximum atomic E-state index is 5.99. The highest BCUT2D eigenvalue weighted by molar-refractivity contribution is 6.34. The lowest BCUT2D eigenvalue weighted by molar-refractivity contribution is 0.217. The van der Waals surface area contributed by atoms with Crippen LogP contribution in [0.5, 0.6) is 11.5 Å². The SMILES string of the molecule is NCc1ccc(OCCOc2cc(Cl)ccc2Cl)cc1. The second-order valence-corrected chi connectivity index (χ2v) is 4.96. The minimum atomic E-state index is 0.388. The molecule has 106 valence electrons. The van der Waals surface area contributed by atoms with Gasteiger partial charge in [-0.15, -0.1) is 0 Å². The van der Waals surface area contributed by atoms with Crippen LogP contribution in [-0.4, -0.2) is 13.2 Å². The van der Waals surface area contributed by atoms with E-state index in [0.29, 0.717) is 35.6 Å². The summed E-state index contributed by atoms with van der Waals surface area (Å²) in [6.07, 6.45) is 0. The summed E-state index contributed by atoms with van der Waals surface area (Å²) in [6, 6.07) is 12.7. The molecule has 2 N–H and O–H groups in total. The average molecular weight is 312 g/mol. The molecule has 0 aliphatic rings. The Morgan fingerprint density at radius 1 is 0.900 bits per heavy atom. The Labute approximate surface area is 128 Å². The predicted octanol–water partition coefficient (Wildman–Crippen LogP) is 3.91. The molecule has 0 atom stereocenters. The average Bonchev–Trinajstić information content (AvgIpc) is 2.47. The van der Waals surface area contributed by atoms with Crippen LogP contribution in [-0.2, 0) is 6.54 Å². The van der Waals surface area contributed by atoms with E-state index in [1.54, 1.807) is 18.2 Å². The van der Waals surface area contributed by atoms with Crippen LogP contribution in [0.25, 0.3) is 0 Å². The van der Waals surface area contributed by atoms with Gasteiger partial charge in [-0.1, -0.05) is 35.3 Å². The maximum absolute atomic E-state index is 5.99. The fourth-order valence-electron chi connectivity index (χ4n) is 1.62. The molecule has 2 aromatic rings. The van der Waals surface area contributed by atoms with E-state index in [-0.39, 0.29) is 0 Å². The van der Waals surface area contributed by atoms with Gasteiger partial charge in [-0.3, -0.25) is 0 Å². The van der Waals surface area contributed by atoms with Gasteiger partial charge >= 0.3 is 0 Å². The van der Waals surface area contributed by atoms with E-state index in [0.717, 1.165) is 11.3 Å². The third-order valence-electron chi connectivity index (χ3n) is 2.66. The molecule has 0 aliphatic heterocycles. The molecule has 0 aliphatic carbocycles. The van der Waals surface area contributed by atoms with Crippen molar-refractivity contribution in [2.24, 2.45) is 5.73 Å². The van der Waals surface area contributed by atoms with Crippen LogP contribution in [0, 0.1) is 0 Å². The third kappa shape index (κ3) is 4.30. The van der Waals surface area contributed by atoms with Crippen LogP contribution in [0.2, 0.25) is 10.0 Å². The highest BCUT2D eigenvalue weighted by atomic mass is 35.5. The molecule has 2 rings (SSSR count). The molecule has 20 heavy (non-hydrogen) atoms. The monoisotopic (exact) mass is 311 g/mol. The van der Waals surface area contributed by atoms with Crippen molar-refractivity contribution in [3.63, 3.8) is 0 Å². The number of benzene rings is 2. The van der Waals surface area contributed by atoms with Gasteiger partial charge in [0.2, 0.25) is 0 Å². The molecule has 5 heteroatoms. The standard InChI is InChI=1S/C15H15Cl2NO2/c16-12-3-6-14(17)15(9-12)20-8-7-19-13-4-1-11(10-18)2-5-13/h1-6,9H,7-8,10,18H2. The summed E-state index contributed by atoms with van der Waals surface area (Å²) < 4.78 is 11.1. The van der Waals surface area contributed by atoms with Crippen molar-refractivity contribution in [2.75, 3.05) is 13.2 Å². The van der Waals surface area contributed by atoms with Gasteiger partial charge in [0.05, 0.1) is 5.02 Å². The number of hydrogen-bond acceptors (Lipinski definition) is 3. The second kappa shape index (κ2) is 7.39. The molecular weight excluding hydrogens is 297 g/mol. The van der Waals surface area contributed by atoms with Gasteiger partial charge in [-0.05, 0) is 29.8 Å². The maximum Gasteiger partial charge on any atom is 0.139 e. The zero-order valence-electron chi connectivity index (χ0n) is 10.8. The Balaban J connectivity index is 1.79. The van der Waals surface area contributed by atoms with Crippen LogP contribution in [0.15, 0.2) is 42.5 Å². The van der Waals surface area contributed by atoms with E-state index in [4.69, 9.17) is 38.4 Å². The van der Waals surface area contributed by atoms with Crippen molar-refractivity contribution in [1.82, 2.24) is 0 Å². The van der Waals surface area contributed by atoms with Gasteiger partial charge in [0, 0.05) is 17.6 Å². The van der Waals surface area contributed by atoms with E-state index in [1.807, 2.05) is 24.3 Å². The summed E-state index contributed by atoms with van der Waals surface area (Å²) in [5.41, 5.74) is 6.60. The first-order valence-corrected chi connectivity index (χ1v) is 6.94. The molecule has 3 nitrogen and oxygen atoms in total. The summed E-state index contributed by atoms with van der Waals surface area (Å²) in [4.78, 5) is 0. The molecule has 0 amide bonds. The largest absolute Gasteiger partial charge is 0.490 e. The Hall–Kier alpha value is -1.42. The molecule has 0 aromatic heterocycles. The summed E-state index contributed by atoms with van der Waals surface area (Å²) in [5.74, 6) is 1.34. The molecule has 0 heterocycles. The van der Waals surface area contributed by atoms with Crippen LogP contribution < -0.4 is 15.2 Å². The Bertz CT molecular complexity index is 558. The fourth-order valence-corrected chi connectivity index (χ4v) is 1.95. The summed E-state index contributed by atoms with van der Waals surface area (Å²) in [7, 11) is 0. The van der Waals surface area contributed by atoms with Crippen LogP contribution in [0.3, 0.4) is 0 Å². The first kappa shape index (κ1) is 15.0. The number of ether oxygens (including phenoxy) is 2. The van der Waals surface area contributed by atoms with Gasteiger partial charge in [-0.2, -0.15) is 0 Å². The number of hydrogen-bond donors (Lipinski definition) is 1. The Morgan fingerprint density at radius 2 is 1.60 bits per heavy atom. The van der Waals surface area contributed by atoms with E-state index < -0.39 is 0 Å². The van der Waals surface area contributed by atoms with Gasteiger partial charge in [0.1, 0.15) is 24.7 Å². The lowest BCUT2D eigenvalue weighted by Gasteiger charge is -2.10. The number of rotatable bonds is 6. The molecular formula is C15H15Cl2NO2. The van der Waals surface area contributed by atoms with Crippen molar-refractivity contribution in [3.8, 4) is 11.5 Å². The van der Waals surface area contributed by atoms with E-state index in [2.05, 4.69) is 0 Å². The minimum Gasteiger partial charge on any atom is -0.490 e. The van der Waals surface area contributed by atoms with Crippen molar-refractivity contribution in [1.29, 1.82) is 0 Å². The normalized spacial score (nSPS) is 10.3. The Morgan fingerprint density at radius 3 is 2.30 bits per heavy atom. The topological polar surface area (TPSA) is 44.5 Å². The summed E-state index contributed by atoms with van der Waals surface area (Å²) in [5, 5.41) is 1.12. The third-order valence-corrected chi connectivity index (χ3v) is 3.21. The van der Waals surface area contributed by atoms with Crippen LogP contribution >= 0.6 is 23.2 Å². The molecule has 0 fully saturated rings. The predicted molar refractivity (Wildman–Crippen MR) is 81.8 cm³/mol. The van der Waals surface area contributed by atoms with Crippen LogP contribution in [0.4, 0.5) is 0 Å². The molecule has 0 radical (unpaired) electrons. The van der Waals surface area contributed by atoms with Gasteiger partial charge < -0.3 is 15.2 Å². The smallest absolute Gasteiger partial charge is 0.139 e. The van der Waals surface area contributed by atoms with E-state index in [9.17, 15) is 0 Å². The lowest BCUT2D eigenvalue weighted by Crippen LogP contribution is -2.09. The minimum absolute atomic E-state index is 0.388. The Kier molecular flexibility index (Phi) is 5.53. The fraction of sp³-hybridized carbons (Fsp3) is 0.200.